The van der Waals surface area contributed by atoms with Gasteiger partial charge in [0.05, 0.1) is 5.56 Å². The van der Waals surface area contributed by atoms with E-state index in [1.807, 2.05) is 54.6 Å². The number of hydrogen-bond acceptors (Lipinski definition) is 2. The summed E-state index contributed by atoms with van der Waals surface area (Å²) in [6, 6.07) is 20.9. The highest BCUT2D eigenvalue weighted by molar-refractivity contribution is 6.29. The fraction of sp³-hybridized carbons (Fsp3) is 0. The molecule has 0 unspecified atom stereocenters. The number of pyridine rings is 1. The van der Waals surface area contributed by atoms with Gasteiger partial charge >= 0.3 is 0 Å². The Bertz CT molecular complexity index is 786. The predicted molar refractivity (Wildman–Crippen MR) is 89.1 cm³/mol. The third-order valence-corrected chi connectivity index (χ3v) is 3.47. The van der Waals surface area contributed by atoms with Gasteiger partial charge in [-0.05, 0) is 23.8 Å². The first kappa shape index (κ1) is 14.3. The highest BCUT2D eigenvalue weighted by atomic mass is 35.5. The number of hydrogen-bond donors (Lipinski definition) is 1. The molecule has 0 spiro atoms. The van der Waals surface area contributed by atoms with E-state index in [0.29, 0.717) is 10.7 Å². The van der Waals surface area contributed by atoms with Crippen LogP contribution in [-0.2, 0) is 0 Å². The van der Waals surface area contributed by atoms with Gasteiger partial charge in [0.25, 0.3) is 5.91 Å². The molecule has 0 aliphatic carbocycles. The quantitative estimate of drug-likeness (QED) is 0.715. The third kappa shape index (κ3) is 3.15. The zero-order valence-corrected chi connectivity index (χ0v) is 12.4. The molecule has 0 saturated carbocycles. The average molecular weight is 309 g/mol. The summed E-state index contributed by atoms with van der Waals surface area (Å²) in [6.45, 7) is 0. The molecule has 3 nitrogen and oxygen atoms in total. The van der Waals surface area contributed by atoms with Crippen molar-refractivity contribution in [2.45, 2.75) is 0 Å². The second kappa shape index (κ2) is 6.41. The van der Waals surface area contributed by atoms with Gasteiger partial charge in [0, 0.05) is 17.4 Å². The number of anilines is 1. The fourth-order valence-corrected chi connectivity index (χ4v) is 2.28. The van der Waals surface area contributed by atoms with Crippen molar-refractivity contribution >= 4 is 23.2 Å². The zero-order valence-electron chi connectivity index (χ0n) is 11.7. The van der Waals surface area contributed by atoms with Crippen molar-refractivity contribution in [3.8, 4) is 11.1 Å². The largest absolute Gasteiger partial charge is 0.321 e. The summed E-state index contributed by atoms with van der Waals surface area (Å²) in [5.41, 5.74) is 3.24. The predicted octanol–water partition coefficient (Wildman–Crippen LogP) is 4.65. The maximum absolute atomic E-state index is 12.3. The molecule has 1 aromatic heterocycles. The molecule has 1 N–H and O–H groups in total. The van der Waals surface area contributed by atoms with Gasteiger partial charge in [-0.15, -0.1) is 0 Å². The first-order valence-electron chi connectivity index (χ1n) is 6.81. The summed E-state index contributed by atoms with van der Waals surface area (Å²) in [5, 5.41) is 3.28. The molecular weight excluding hydrogens is 296 g/mol. The van der Waals surface area contributed by atoms with E-state index in [2.05, 4.69) is 10.3 Å². The van der Waals surface area contributed by atoms with Crippen LogP contribution in [0.25, 0.3) is 11.1 Å². The molecule has 1 amide bonds. The molecule has 0 saturated heterocycles. The lowest BCUT2D eigenvalue weighted by molar-refractivity contribution is 0.102. The summed E-state index contributed by atoms with van der Waals surface area (Å²) >= 11 is 5.74. The summed E-state index contributed by atoms with van der Waals surface area (Å²) < 4.78 is 0. The van der Waals surface area contributed by atoms with E-state index in [9.17, 15) is 4.79 Å². The number of rotatable bonds is 3. The minimum atomic E-state index is -0.215. The Kier molecular flexibility index (Phi) is 4.17. The van der Waals surface area contributed by atoms with Gasteiger partial charge in [0.15, 0.2) is 0 Å². The molecule has 4 heteroatoms. The molecule has 22 heavy (non-hydrogen) atoms. The molecule has 0 atom stereocenters. The first-order chi connectivity index (χ1) is 10.7. The minimum absolute atomic E-state index is 0.215. The summed E-state index contributed by atoms with van der Waals surface area (Å²) in [7, 11) is 0. The Labute approximate surface area is 133 Å². The van der Waals surface area contributed by atoms with Crippen LogP contribution in [0, 0.1) is 0 Å². The molecule has 108 valence electrons. The molecule has 3 aromatic rings. The van der Waals surface area contributed by atoms with Crippen molar-refractivity contribution in [1.29, 1.82) is 0 Å². The van der Waals surface area contributed by atoms with Crippen molar-refractivity contribution in [2.24, 2.45) is 0 Å². The van der Waals surface area contributed by atoms with Crippen LogP contribution in [0.15, 0.2) is 72.9 Å². The zero-order chi connectivity index (χ0) is 15.4. The number of benzene rings is 2. The van der Waals surface area contributed by atoms with Gasteiger partial charge in [0.1, 0.15) is 5.15 Å². The van der Waals surface area contributed by atoms with Crippen molar-refractivity contribution < 1.29 is 4.79 Å². The lowest BCUT2D eigenvalue weighted by Gasteiger charge is -2.11. The smallest absolute Gasteiger partial charge is 0.257 e. The normalized spacial score (nSPS) is 10.2. The molecule has 0 radical (unpaired) electrons. The Hall–Kier alpha value is -2.65. The number of nitrogens with one attached hydrogen (secondary N) is 1. The second-order valence-electron chi connectivity index (χ2n) is 4.74. The maximum atomic E-state index is 12.3. The Morgan fingerprint density at radius 1 is 0.909 bits per heavy atom. The monoisotopic (exact) mass is 308 g/mol. The number of aromatic nitrogens is 1. The number of halogens is 1. The van der Waals surface area contributed by atoms with Crippen LogP contribution in [0.3, 0.4) is 0 Å². The van der Waals surface area contributed by atoms with Gasteiger partial charge in [0.2, 0.25) is 0 Å². The number of carbonyl (C=O) groups excluding carboxylic acids is 1. The Morgan fingerprint density at radius 3 is 2.36 bits per heavy atom. The van der Waals surface area contributed by atoms with Crippen molar-refractivity contribution in [2.75, 3.05) is 5.32 Å². The van der Waals surface area contributed by atoms with Gasteiger partial charge in [-0.3, -0.25) is 4.79 Å². The number of nitrogens with zero attached hydrogens (tertiary/aromatic N) is 1. The molecule has 3 rings (SSSR count). The van der Waals surface area contributed by atoms with Crippen LogP contribution >= 0.6 is 11.6 Å². The number of amides is 1. The van der Waals surface area contributed by atoms with E-state index in [1.165, 1.54) is 6.20 Å². The lowest BCUT2D eigenvalue weighted by Crippen LogP contribution is -2.12. The van der Waals surface area contributed by atoms with E-state index >= 15 is 0 Å². The second-order valence-corrected chi connectivity index (χ2v) is 5.12. The van der Waals surface area contributed by atoms with Gasteiger partial charge < -0.3 is 5.32 Å². The van der Waals surface area contributed by atoms with E-state index in [4.69, 9.17) is 11.6 Å². The molecule has 2 aromatic carbocycles. The van der Waals surface area contributed by atoms with E-state index in [1.54, 1.807) is 12.1 Å². The van der Waals surface area contributed by atoms with E-state index < -0.39 is 0 Å². The molecule has 0 aliphatic heterocycles. The topological polar surface area (TPSA) is 42.0 Å². The highest BCUT2D eigenvalue weighted by Gasteiger charge is 2.10. The molecule has 0 aliphatic rings. The van der Waals surface area contributed by atoms with Gasteiger partial charge in [-0.25, -0.2) is 4.98 Å². The lowest BCUT2D eigenvalue weighted by atomic mass is 10.0. The van der Waals surface area contributed by atoms with Crippen LogP contribution in [0.4, 0.5) is 5.69 Å². The van der Waals surface area contributed by atoms with Crippen molar-refractivity contribution in [1.82, 2.24) is 4.98 Å². The van der Waals surface area contributed by atoms with Crippen molar-refractivity contribution in [3.63, 3.8) is 0 Å². The Morgan fingerprint density at radius 2 is 1.64 bits per heavy atom. The number of para-hydroxylation sites is 1. The summed E-state index contributed by atoms with van der Waals surface area (Å²) in [5.74, 6) is -0.215. The molecule has 0 fully saturated rings. The Balaban J connectivity index is 1.90. The highest BCUT2D eigenvalue weighted by Crippen LogP contribution is 2.27. The van der Waals surface area contributed by atoms with E-state index in [0.717, 1.165) is 16.8 Å². The molecular formula is C18H13ClN2O. The number of carbonyl (C=O) groups is 1. The third-order valence-electron chi connectivity index (χ3n) is 3.25. The summed E-state index contributed by atoms with van der Waals surface area (Å²) in [4.78, 5) is 16.2. The van der Waals surface area contributed by atoms with Crippen LogP contribution in [0.1, 0.15) is 10.4 Å². The van der Waals surface area contributed by atoms with Crippen LogP contribution in [0.5, 0.6) is 0 Å². The summed E-state index contributed by atoms with van der Waals surface area (Å²) in [6.07, 6.45) is 1.46. The van der Waals surface area contributed by atoms with Crippen molar-refractivity contribution in [3.05, 3.63) is 83.6 Å². The minimum Gasteiger partial charge on any atom is -0.321 e. The SMILES string of the molecule is O=C(Nc1ccccc1-c1ccccc1)c1ccc(Cl)nc1. The van der Waals surface area contributed by atoms with Gasteiger partial charge in [-0.1, -0.05) is 60.1 Å². The standard InChI is InChI=1S/C18H13ClN2O/c19-17-11-10-14(12-20-17)18(22)21-16-9-5-4-8-15(16)13-6-2-1-3-7-13/h1-12H,(H,21,22). The maximum Gasteiger partial charge on any atom is 0.257 e. The van der Waals surface area contributed by atoms with E-state index in [-0.39, 0.29) is 5.91 Å². The van der Waals surface area contributed by atoms with Crippen LogP contribution in [0.2, 0.25) is 5.15 Å². The molecule has 0 bridgehead atoms. The first-order valence-corrected chi connectivity index (χ1v) is 7.19. The average Bonchev–Trinajstić information content (AvgIpc) is 2.57. The van der Waals surface area contributed by atoms with Crippen LogP contribution in [-0.4, -0.2) is 10.9 Å². The van der Waals surface area contributed by atoms with Crippen LogP contribution < -0.4 is 5.32 Å². The molecule has 1 heterocycles. The van der Waals surface area contributed by atoms with Gasteiger partial charge in [-0.2, -0.15) is 0 Å². The fourth-order valence-electron chi connectivity index (χ4n) is 2.17.